The Morgan fingerprint density at radius 1 is 0.871 bits per heavy atom. The molecule has 6 nitrogen and oxygen atoms in total. The van der Waals surface area contributed by atoms with E-state index in [0.29, 0.717) is 26.2 Å². The second kappa shape index (κ2) is 14.9. The van der Waals surface area contributed by atoms with Crippen LogP contribution in [0, 0.1) is 0 Å². The van der Waals surface area contributed by atoms with Crippen LogP contribution in [0.15, 0.2) is 30.3 Å². The number of hydrogen-bond acceptors (Lipinski definition) is 6. The highest BCUT2D eigenvalue weighted by molar-refractivity contribution is 5.16. The minimum absolute atomic E-state index is 0.390. The molecule has 2 rings (SSSR count). The molecule has 0 radical (unpaired) electrons. The highest BCUT2D eigenvalue weighted by Crippen LogP contribution is 2.29. The molecule has 1 saturated heterocycles. The van der Waals surface area contributed by atoms with Gasteiger partial charge in [0.25, 0.3) is 0 Å². The van der Waals surface area contributed by atoms with Crippen molar-refractivity contribution >= 4 is 0 Å². The van der Waals surface area contributed by atoms with E-state index < -0.39 is 30.6 Å². The van der Waals surface area contributed by atoms with E-state index in [1.807, 2.05) is 30.3 Å². The summed E-state index contributed by atoms with van der Waals surface area (Å²) >= 11 is 0. The van der Waals surface area contributed by atoms with Crippen molar-refractivity contribution in [1.29, 1.82) is 0 Å². The zero-order valence-corrected chi connectivity index (χ0v) is 19.6. The Kier molecular flexibility index (Phi) is 12.6. The summed E-state index contributed by atoms with van der Waals surface area (Å²) in [6.45, 7) is 8.13. The average molecular weight is 438 g/mol. The molecule has 2 unspecified atom stereocenters. The average Bonchev–Trinajstić information content (AvgIpc) is 2.77. The van der Waals surface area contributed by atoms with Gasteiger partial charge in [0, 0.05) is 26.2 Å². The quantitative estimate of drug-likeness (QED) is 0.406. The Balaban J connectivity index is 2.20. The van der Waals surface area contributed by atoms with Gasteiger partial charge in [0.1, 0.15) is 18.3 Å². The summed E-state index contributed by atoms with van der Waals surface area (Å²) in [6, 6.07) is 9.47. The summed E-state index contributed by atoms with van der Waals surface area (Å²) in [6.07, 6.45) is 3.60. The highest BCUT2D eigenvalue weighted by Gasteiger charge is 2.48. The van der Waals surface area contributed by atoms with Gasteiger partial charge in [0.2, 0.25) is 0 Å². The second-order valence-electron chi connectivity index (χ2n) is 8.41. The van der Waals surface area contributed by atoms with Crippen LogP contribution in [0.4, 0.5) is 0 Å². The van der Waals surface area contributed by atoms with E-state index in [1.54, 1.807) is 0 Å². The smallest absolute Gasteiger partial charge is 0.175 e. The summed E-state index contributed by atoms with van der Waals surface area (Å²) in [4.78, 5) is 0. The molecular weight excluding hydrogens is 394 g/mol. The van der Waals surface area contributed by atoms with E-state index in [9.17, 15) is 5.11 Å². The number of ether oxygens (including phenoxy) is 4. The third kappa shape index (κ3) is 8.44. The lowest BCUT2D eigenvalue weighted by molar-refractivity contribution is -0.291. The Hall–Kier alpha value is -1.02. The van der Waals surface area contributed by atoms with Gasteiger partial charge in [-0.3, -0.25) is 0 Å². The van der Waals surface area contributed by atoms with Gasteiger partial charge in [-0.25, -0.2) is 0 Å². The van der Waals surface area contributed by atoms with Crippen molar-refractivity contribution in [2.24, 2.45) is 5.73 Å². The Bertz CT molecular complexity index is 572. The summed E-state index contributed by atoms with van der Waals surface area (Å²) in [5.41, 5.74) is 7.61. The van der Waals surface area contributed by atoms with E-state index in [-0.39, 0.29) is 6.10 Å². The topological polar surface area (TPSA) is 83.2 Å². The lowest BCUT2D eigenvalue weighted by atomic mass is 9.91. The minimum Gasteiger partial charge on any atom is -0.390 e. The van der Waals surface area contributed by atoms with Gasteiger partial charge < -0.3 is 29.8 Å². The first-order valence-electron chi connectivity index (χ1n) is 12.1. The SMILES string of the molecule is CCCCOC1O[C@H](C(O)Cc2ccccc2)[C@H](OCCCC)[C@@H](OCCCC)[C@@H]1N. The standard InChI is InChI=1S/C25H43NO5/c1-4-7-15-28-23-21(26)25(30-17-9-6-3)31-22(24(23)29-16-8-5-2)20(27)18-19-13-11-10-12-14-19/h10-14,20-25,27H,4-9,15-18,26H2,1-3H3/t20?,21-,22+,23-,24-,25?/m0/s1. The molecule has 31 heavy (non-hydrogen) atoms. The van der Waals surface area contributed by atoms with Crippen LogP contribution in [0.25, 0.3) is 0 Å². The Morgan fingerprint density at radius 3 is 2.00 bits per heavy atom. The zero-order valence-electron chi connectivity index (χ0n) is 19.6. The van der Waals surface area contributed by atoms with Crippen molar-refractivity contribution < 1.29 is 24.1 Å². The second-order valence-corrected chi connectivity index (χ2v) is 8.41. The van der Waals surface area contributed by atoms with Crippen LogP contribution >= 0.6 is 0 Å². The van der Waals surface area contributed by atoms with E-state index in [2.05, 4.69) is 20.8 Å². The lowest BCUT2D eigenvalue weighted by Gasteiger charge is -2.46. The van der Waals surface area contributed by atoms with Gasteiger partial charge in [-0.15, -0.1) is 0 Å². The van der Waals surface area contributed by atoms with Gasteiger partial charge >= 0.3 is 0 Å². The fraction of sp³-hybridized carbons (Fsp3) is 0.760. The van der Waals surface area contributed by atoms with E-state index in [0.717, 1.165) is 44.1 Å². The molecular formula is C25H43NO5. The fourth-order valence-electron chi connectivity index (χ4n) is 3.78. The van der Waals surface area contributed by atoms with Crippen LogP contribution in [0.3, 0.4) is 0 Å². The highest BCUT2D eigenvalue weighted by atomic mass is 16.7. The molecule has 0 bridgehead atoms. The van der Waals surface area contributed by atoms with Crippen molar-refractivity contribution in [3.05, 3.63) is 35.9 Å². The number of hydrogen-bond donors (Lipinski definition) is 2. The van der Waals surface area contributed by atoms with Crippen LogP contribution in [0.1, 0.15) is 64.9 Å². The lowest BCUT2D eigenvalue weighted by Crippen LogP contribution is -2.66. The normalized spacial score (nSPS) is 27.3. The molecule has 6 heteroatoms. The first kappa shape index (κ1) is 26.2. The van der Waals surface area contributed by atoms with Crippen molar-refractivity contribution in [3.8, 4) is 0 Å². The molecule has 0 spiro atoms. The van der Waals surface area contributed by atoms with Crippen molar-refractivity contribution in [2.75, 3.05) is 19.8 Å². The van der Waals surface area contributed by atoms with Crippen molar-refractivity contribution in [2.45, 2.75) is 102 Å². The summed E-state index contributed by atoms with van der Waals surface area (Å²) in [5, 5.41) is 11.2. The molecule has 6 atom stereocenters. The largest absolute Gasteiger partial charge is 0.390 e. The van der Waals surface area contributed by atoms with Crippen LogP contribution in [-0.2, 0) is 25.4 Å². The molecule has 1 aromatic carbocycles. The van der Waals surface area contributed by atoms with Gasteiger partial charge in [-0.2, -0.15) is 0 Å². The number of benzene rings is 1. The van der Waals surface area contributed by atoms with E-state index in [1.165, 1.54) is 0 Å². The molecule has 0 amide bonds. The molecule has 0 aromatic heterocycles. The molecule has 1 heterocycles. The fourth-order valence-corrected chi connectivity index (χ4v) is 3.78. The summed E-state index contributed by atoms with van der Waals surface area (Å²) < 4.78 is 24.7. The van der Waals surface area contributed by atoms with Gasteiger partial charge in [0.15, 0.2) is 6.29 Å². The third-order valence-corrected chi connectivity index (χ3v) is 5.70. The predicted octanol–water partition coefficient (Wildman–Crippen LogP) is 3.83. The molecule has 0 saturated carbocycles. The number of nitrogens with two attached hydrogens (primary N) is 1. The van der Waals surface area contributed by atoms with Crippen LogP contribution in [0.5, 0.6) is 0 Å². The van der Waals surface area contributed by atoms with Gasteiger partial charge in [0.05, 0.1) is 12.1 Å². The zero-order chi connectivity index (χ0) is 22.5. The number of aliphatic hydroxyl groups excluding tert-OH is 1. The number of rotatable bonds is 15. The maximum absolute atomic E-state index is 11.2. The van der Waals surface area contributed by atoms with E-state index in [4.69, 9.17) is 24.7 Å². The van der Waals surface area contributed by atoms with Gasteiger partial charge in [-0.05, 0) is 24.8 Å². The molecule has 1 aliphatic heterocycles. The number of unbranched alkanes of at least 4 members (excludes halogenated alkanes) is 3. The molecule has 1 aliphatic rings. The monoisotopic (exact) mass is 437 g/mol. The minimum atomic E-state index is -0.754. The predicted molar refractivity (Wildman–Crippen MR) is 123 cm³/mol. The van der Waals surface area contributed by atoms with Crippen LogP contribution in [-0.4, -0.2) is 61.7 Å². The number of aliphatic hydroxyl groups is 1. The molecule has 0 aliphatic carbocycles. The van der Waals surface area contributed by atoms with Crippen LogP contribution < -0.4 is 5.73 Å². The van der Waals surface area contributed by atoms with E-state index >= 15 is 0 Å². The Labute approximate surface area is 188 Å². The van der Waals surface area contributed by atoms with Crippen molar-refractivity contribution in [3.63, 3.8) is 0 Å². The molecule has 3 N–H and O–H groups in total. The Morgan fingerprint density at radius 2 is 1.42 bits per heavy atom. The summed E-state index contributed by atoms with van der Waals surface area (Å²) in [7, 11) is 0. The first-order valence-corrected chi connectivity index (χ1v) is 12.1. The van der Waals surface area contributed by atoms with Crippen molar-refractivity contribution in [1.82, 2.24) is 0 Å². The molecule has 1 fully saturated rings. The molecule has 178 valence electrons. The molecule has 1 aromatic rings. The maximum atomic E-state index is 11.2. The third-order valence-electron chi connectivity index (χ3n) is 5.70. The van der Waals surface area contributed by atoms with Crippen LogP contribution in [0.2, 0.25) is 0 Å². The maximum Gasteiger partial charge on any atom is 0.175 e. The summed E-state index contributed by atoms with van der Waals surface area (Å²) in [5.74, 6) is 0. The first-order chi connectivity index (χ1) is 15.1. The van der Waals surface area contributed by atoms with Gasteiger partial charge in [-0.1, -0.05) is 70.4 Å².